The molecule has 0 aromatic rings. The molecule has 5 heteroatoms. The van der Waals surface area contributed by atoms with Gasteiger partial charge in [-0.05, 0) is 44.9 Å². The molecule has 0 bridgehead atoms. The van der Waals surface area contributed by atoms with Gasteiger partial charge in [0.05, 0.1) is 0 Å². The van der Waals surface area contributed by atoms with Crippen LogP contribution >= 0.6 is 0 Å². The number of methoxy groups -OCH3 is 1. The Hall–Kier alpha value is -1.10. The third kappa shape index (κ3) is 4.70. The number of nitrogens with one attached hydrogen (secondary N) is 1. The van der Waals surface area contributed by atoms with Crippen molar-refractivity contribution < 1.29 is 14.3 Å². The Bertz CT molecular complexity index is 345. The van der Waals surface area contributed by atoms with Gasteiger partial charge in [0.25, 0.3) is 0 Å². The minimum Gasteiger partial charge on any atom is -0.385 e. The van der Waals surface area contributed by atoms with E-state index < -0.39 is 0 Å². The van der Waals surface area contributed by atoms with Gasteiger partial charge in [0, 0.05) is 45.2 Å². The van der Waals surface area contributed by atoms with Crippen LogP contribution in [0.15, 0.2) is 0 Å². The van der Waals surface area contributed by atoms with E-state index >= 15 is 0 Å². The smallest absolute Gasteiger partial charge is 0.225 e. The van der Waals surface area contributed by atoms with Gasteiger partial charge in [0.2, 0.25) is 11.8 Å². The molecule has 1 saturated heterocycles. The normalized spacial score (nSPS) is 25.9. The molecule has 0 aromatic carbocycles. The van der Waals surface area contributed by atoms with Crippen molar-refractivity contribution in [1.29, 1.82) is 0 Å². The molecule has 120 valence electrons. The van der Waals surface area contributed by atoms with Crippen molar-refractivity contribution in [2.24, 2.45) is 11.8 Å². The molecule has 2 amide bonds. The summed E-state index contributed by atoms with van der Waals surface area (Å²) < 4.78 is 4.96. The molecule has 0 aromatic heterocycles. The number of hydrogen-bond acceptors (Lipinski definition) is 3. The average molecular weight is 296 g/mol. The van der Waals surface area contributed by atoms with E-state index in [0.717, 1.165) is 58.0 Å². The van der Waals surface area contributed by atoms with Crippen molar-refractivity contribution in [3.05, 3.63) is 0 Å². The molecule has 1 heterocycles. The molecule has 2 rings (SSSR count). The van der Waals surface area contributed by atoms with Crippen LogP contribution in [0.25, 0.3) is 0 Å². The van der Waals surface area contributed by atoms with Crippen LogP contribution in [0.5, 0.6) is 0 Å². The lowest BCUT2D eigenvalue weighted by molar-refractivity contribution is -0.137. The van der Waals surface area contributed by atoms with Crippen LogP contribution in [0.4, 0.5) is 0 Å². The Kier molecular flexibility index (Phi) is 6.49. The highest BCUT2D eigenvalue weighted by Crippen LogP contribution is 2.31. The fourth-order valence-corrected chi connectivity index (χ4v) is 3.37. The highest BCUT2D eigenvalue weighted by atomic mass is 16.5. The third-order valence-corrected chi connectivity index (χ3v) is 4.69. The number of hydrogen-bond donors (Lipinski definition) is 1. The molecule has 0 spiro atoms. The first-order valence-electron chi connectivity index (χ1n) is 8.28. The number of rotatable bonds is 6. The molecule has 21 heavy (non-hydrogen) atoms. The standard InChI is InChI=1S/C16H28N2O3/c1-21-12-4-9-17-15(19)13-5-7-14(8-6-13)16(20)18-10-2-3-11-18/h13-14H,2-12H2,1H3,(H,17,19). The van der Waals surface area contributed by atoms with Gasteiger partial charge >= 0.3 is 0 Å². The topological polar surface area (TPSA) is 58.6 Å². The van der Waals surface area contributed by atoms with Crippen LogP contribution in [0, 0.1) is 11.8 Å². The number of ether oxygens (including phenoxy) is 1. The molecule has 0 unspecified atom stereocenters. The summed E-state index contributed by atoms with van der Waals surface area (Å²) >= 11 is 0. The fourth-order valence-electron chi connectivity index (χ4n) is 3.37. The first-order valence-corrected chi connectivity index (χ1v) is 8.28. The number of carbonyl (C=O) groups excluding carboxylic acids is 2. The quantitative estimate of drug-likeness (QED) is 0.757. The minimum atomic E-state index is 0.0928. The van der Waals surface area contributed by atoms with Crippen LogP contribution in [0.2, 0.25) is 0 Å². The molecule has 1 saturated carbocycles. The molecular weight excluding hydrogens is 268 g/mol. The van der Waals surface area contributed by atoms with Gasteiger partial charge < -0.3 is 15.0 Å². The van der Waals surface area contributed by atoms with Gasteiger partial charge in [-0.1, -0.05) is 0 Å². The summed E-state index contributed by atoms with van der Waals surface area (Å²) in [6.45, 7) is 3.22. The zero-order chi connectivity index (χ0) is 15.1. The van der Waals surface area contributed by atoms with Gasteiger partial charge in [0.1, 0.15) is 0 Å². The van der Waals surface area contributed by atoms with E-state index in [1.165, 1.54) is 0 Å². The summed E-state index contributed by atoms with van der Waals surface area (Å²) in [5.74, 6) is 0.723. The van der Waals surface area contributed by atoms with Gasteiger partial charge in [-0.15, -0.1) is 0 Å². The van der Waals surface area contributed by atoms with Crippen molar-refractivity contribution >= 4 is 11.8 Å². The zero-order valence-electron chi connectivity index (χ0n) is 13.1. The van der Waals surface area contributed by atoms with E-state index in [-0.39, 0.29) is 17.7 Å². The van der Waals surface area contributed by atoms with Crippen LogP contribution in [-0.4, -0.2) is 50.1 Å². The largest absolute Gasteiger partial charge is 0.385 e. The van der Waals surface area contributed by atoms with E-state index in [4.69, 9.17) is 4.74 Å². The molecular formula is C16H28N2O3. The van der Waals surface area contributed by atoms with Crippen molar-refractivity contribution in [3.8, 4) is 0 Å². The Labute approximate surface area is 127 Å². The predicted octanol–water partition coefficient (Wildman–Crippen LogP) is 1.57. The van der Waals surface area contributed by atoms with Crippen molar-refractivity contribution in [2.45, 2.75) is 44.9 Å². The maximum atomic E-state index is 12.3. The summed E-state index contributed by atoms with van der Waals surface area (Å²) in [4.78, 5) is 26.4. The highest BCUT2D eigenvalue weighted by molar-refractivity contribution is 5.81. The lowest BCUT2D eigenvalue weighted by Crippen LogP contribution is -2.39. The van der Waals surface area contributed by atoms with Crippen molar-refractivity contribution in [1.82, 2.24) is 10.2 Å². The van der Waals surface area contributed by atoms with E-state index in [1.54, 1.807) is 7.11 Å². The lowest BCUT2D eigenvalue weighted by atomic mass is 9.81. The number of carbonyl (C=O) groups is 2. The van der Waals surface area contributed by atoms with E-state index in [2.05, 4.69) is 5.32 Å². The molecule has 0 atom stereocenters. The molecule has 1 aliphatic heterocycles. The van der Waals surface area contributed by atoms with E-state index in [9.17, 15) is 9.59 Å². The summed E-state index contributed by atoms with van der Waals surface area (Å²) in [7, 11) is 1.67. The van der Waals surface area contributed by atoms with Crippen LogP contribution in [0.1, 0.15) is 44.9 Å². The van der Waals surface area contributed by atoms with Gasteiger partial charge in [-0.25, -0.2) is 0 Å². The van der Waals surface area contributed by atoms with Crippen LogP contribution < -0.4 is 5.32 Å². The van der Waals surface area contributed by atoms with Gasteiger partial charge in [0.15, 0.2) is 0 Å². The summed E-state index contributed by atoms with van der Waals surface area (Å²) in [6.07, 6.45) is 6.57. The first kappa shape index (κ1) is 16.3. The third-order valence-electron chi connectivity index (χ3n) is 4.69. The second kappa shape index (κ2) is 8.37. The summed E-state index contributed by atoms with van der Waals surface area (Å²) in [5.41, 5.74) is 0. The maximum Gasteiger partial charge on any atom is 0.225 e. The summed E-state index contributed by atoms with van der Waals surface area (Å²) in [5, 5.41) is 2.97. The van der Waals surface area contributed by atoms with E-state index in [1.807, 2.05) is 4.90 Å². The molecule has 5 nitrogen and oxygen atoms in total. The lowest BCUT2D eigenvalue weighted by Gasteiger charge is -2.29. The predicted molar refractivity (Wildman–Crippen MR) is 80.8 cm³/mol. The maximum absolute atomic E-state index is 12.3. The van der Waals surface area contributed by atoms with Crippen molar-refractivity contribution in [2.75, 3.05) is 33.4 Å². The highest BCUT2D eigenvalue weighted by Gasteiger charge is 2.32. The Morgan fingerprint density at radius 2 is 1.71 bits per heavy atom. The fraction of sp³-hybridized carbons (Fsp3) is 0.875. The average Bonchev–Trinajstić information content (AvgIpc) is 3.05. The van der Waals surface area contributed by atoms with Crippen molar-refractivity contribution in [3.63, 3.8) is 0 Å². The Morgan fingerprint density at radius 3 is 2.33 bits per heavy atom. The second-order valence-corrected chi connectivity index (χ2v) is 6.22. The minimum absolute atomic E-state index is 0.0928. The number of amides is 2. The SMILES string of the molecule is COCCCNC(=O)C1CCC(C(=O)N2CCCC2)CC1. The van der Waals surface area contributed by atoms with Crippen LogP contribution in [0.3, 0.4) is 0 Å². The molecule has 1 aliphatic carbocycles. The van der Waals surface area contributed by atoms with Crippen LogP contribution in [-0.2, 0) is 14.3 Å². The molecule has 2 aliphatic rings. The Balaban J connectivity index is 1.67. The van der Waals surface area contributed by atoms with Gasteiger partial charge in [-0.3, -0.25) is 9.59 Å². The monoisotopic (exact) mass is 296 g/mol. The second-order valence-electron chi connectivity index (χ2n) is 6.22. The number of nitrogens with zero attached hydrogens (tertiary/aromatic N) is 1. The number of likely N-dealkylation sites (tertiary alicyclic amines) is 1. The molecule has 2 fully saturated rings. The zero-order valence-corrected chi connectivity index (χ0v) is 13.1. The molecule has 1 N–H and O–H groups in total. The molecule has 0 radical (unpaired) electrons. The van der Waals surface area contributed by atoms with Gasteiger partial charge in [-0.2, -0.15) is 0 Å². The first-order chi connectivity index (χ1) is 10.2. The summed E-state index contributed by atoms with van der Waals surface area (Å²) in [6, 6.07) is 0. The Morgan fingerprint density at radius 1 is 1.10 bits per heavy atom. The van der Waals surface area contributed by atoms with E-state index in [0.29, 0.717) is 19.1 Å².